The molecule has 9 aromatic heterocycles. The lowest BCUT2D eigenvalue weighted by atomic mass is 10.1. The summed E-state index contributed by atoms with van der Waals surface area (Å²) in [6.07, 6.45) is 0. The number of pyridine rings is 1. The van der Waals surface area contributed by atoms with E-state index in [2.05, 4.69) is 82.3 Å². The highest BCUT2D eigenvalue weighted by Gasteiger charge is 2.27. The van der Waals surface area contributed by atoms with E-state index in [9.17, 15) is 34.0 Å². The van der Waals surface area contributed by atoms with E-state index >= 15 is 0 Å². The Balaban J connectivity index is 0.000000142. The van der Waals surface area contributed by atoms with E-state index in [1.807, 2.05) is 299 Å². The quantitative estimate of drug-likeness (QED) is 0.0616. The number of hydrogen-bond donors (Lipinski definition) is 4. The molecule has 145 heavy (non-hydrogen) atoms. The van der Waals surface area contributed by atoms with Crippen molar-refractivity contribution in [1.29, 1.82) is 0 Å². The van der Waals surface area contributed by atoms with Crippen molar-refractivity contribution in [2.45, 2.75) is 36.3 Å². The summed E-state index contributed by atoms with van der Waals surface area (Å²) >= 11 is 0. The monoisotopic (exact) mass is 1950 g/mol. The van der Waals surface area contributed by atoms with Gasteiger partial charge in [-0.25, -0.2) is 78.9 Å². The van der Waals surface area contributed by atoms with Crippen LogP contribution in [0.1, 0.15) is 5.56 Å². The highest BCUT2D eigenvalue weighted by Crippen LogP contribution is 2.39. The lowest BCUT2D eigenvalue weighted by Crippen LogP contribution is -2.05. The first-order chi connectivity index (χ1) is 70.7. The van der Waals surface area contributed by atoms with E-state index in [0.29, 0.717) is 28.9 Å². The van der Waals surface area contributed by atoms with Gasteiger partial charge in [0, 0.05) is 57.5 Å². The lowest BCUT2D eigenvalue weighted by molar-refractivity contribution is 0.592. The zero-order valence-corrected chi connectivity index (χ0v) is 79.7. The van der Waals surface area contributed by atoms with Crippen LogP contribution in [0.15, 0.2) is 460 Å². The zero-order chi connectivity index (χ0) is 98.6. The fourth-order valence-electron chi connectivity index (χ4n) is 17.9. The van der Waals surface area contributed by atoms with Gasteiger partial charge in [-0.1, -0.05) is 188 Å². The third kappa shape index (κ3) is 17.6. The molecule has 0 amide bonds. The molecule has 702 valence electrons. The zero-order valence-electron chi connectivity index (χ0n) is 77.2. The molecule has 17 aromatic carbocycles. The van der Waals surface area contributed by atoms with Gasteiger partial charge in [0.2, 0.25) is 29.5 Å². The van der Waals surface area contributed by atoms with Crippen molar-refractivity contribution < 1.29 is 34.0 Å². The van der Waals surface area contributed by atoms with Crippen LogP contribution in [0.3, 0.4) is 0 Å². The number of H-pyrrole nitrogens is 4. The molecule has 0 atom stereocenters. The third-order valence-corrected chi connectivity index (χ3v) is 30.6. The van der Waals surface area contributed by atoms with Crippen molar-refractivity contribution in [1.82, 2.24) is 83.1 Å². The summed E-state index contributed by atoms with van der Waals surface area (Å²) in [6.45, 7) is 1.92. The number of nitrogens with one attached hydrogen (secondary N) is 4. The Bertz CT molecular complexity index is 9430. The average Bonchev–Trinajstić information content (AvgIpc) is 1.63. The van der Waals surface area contributed by atoms with Crippen LogP contribution in [0.4, 0.5) is 8.78 Å². The van der Waals surface area contributed by atoms with Gasteiger partial charge in [-0.2, -0.15) is 0 Å². The van der Waals surface area contributed by atoms with Gasteiger partial charge < -0.3 is 24.5 Å². The molecule has 0 bridgehead atoms. The molecule has 23 nitrogen and oxygen atoms in total. The van der Waals surface area contributed by atoms with Crippen LogP contribution >= 0.6 is 0 Å². The van der Waals surface area contributed by atoms with E-state index in [0.717, 1.165) is 198 Å². The van der Waals surface area contributed by atoms with Crippen LogP contribution in [0, 0.1) is 18.6 Å². The Kier molecular flexibility index (Phi) is 23.3. The second-order valence-corrected chi connectivity index (χ2v) is 40.4. The van der Waals surface area contributed by atoms with Gasteiger partial charge in [0.15, 0.2) is 11.6 Å². The van der Waals surface area contributed by atoms with Gasteiger partial charge in [0.25, 0.3) is 0 Å². The predicted octanol–water partition coefficient (Wildman–Crippen LogP) is 26.0. The number of imidazole rings is 8. The minimum Gasteiger partial charge on any atom is -0.338 e. The summed E-state index contributed by atoms with van der Waals surface area (Å²) in [6, 6.07) is 131. The molecule has 26 rings (SSSR count). The van der Waals surface area contributed by atoms with Crippen LogP contribution < -0.4 is 0 Å². The van der Waals surface area contributed by atoms with Crippen LogP contribution in [0.5, 0.6) is 0 Å². The number of halogens is 2. The summed E-state index contributed by atoms with van der Waals surface area (Å²) < 4.78 is 114. The molecule has 0 aliphatic carbocycles. The van der Waals surface area contributed by atoms with Crippen molar-refractivity contribution in [3.8, 4) is 108 Å². The van der Waals surface area contributed by atoms with Crippen LogP contribution in [-0.4, -0.2) is 108 Å². The molecule has 9 heterocycles. The maximum absolute atomic E-state index is 14.4. The summed E-state index contributed by atoms with van der Waals surface area (Å²) in [5.41, 5.74) is 25.3. The number of fused-ring (bicyclic) bond motifs is 8. The maximum atomic E-state index is 14.4. The minimum atomic E-state index is -3.96. The first-order valence-corrected chi connectivity index (χ1v) is 50.7. The standard InChI is InChI=1S/C65H45N9O4S2.2C20H14N4.C12H8F2O2S/c1-42-22-34-48(35-23-42)79(75,76)49-36-28-45(29-37-49)72-59-19-8-4-13-53(59)67-62(72)43-24-26-44(27-25-43)63-68-54-14-5-9-20-60(54)73(63)46-30-38-50(39-31-46)80(77,78)51-40-32-47(33-41-51)74-61-21-10-6-15-55(61)70-65(74)57-17-11-16-56(66-57)64-69-52-12-3-7-18-58(52)71(64)2;1-2-9-16-15(8-1)21-19(22-16)13-6-5-7-14(12-13)20-23-17-10-3-4-11-18(17)24-20;1-2-6-16-15(5-1)21-19(22-16)13-9-11-14(12-10-13)20-23-17-7-3-4-8-18(17)24-20;13-9-1-5-11(6-2-9)17(15,16)12-7-3-10(14)4-8-12/h3-41H,1-2H3;2*1-12H,(H,21,22)(H,23,24);1-8H. The fourth-order valence-corrected chi connectivity index (χ4v) is 21.7. The number of nitrogens with zero attached hydrogens (tertiary/aromatic N) is 13. The average molecular weight is 1960 g/mol. The third-order valence-electron chi connectivity index (χ3n) is 25.3. The van der Waals surface area contributed by atoms with E-state index in [-0.39, 0.29) is 29.4 Å². The Hall–Kier alpha value is -18.6. The Morgan fingerprint density at radius 3 is 0.814 bits per heavy atom. The second-order valence-electron chi connectivity index (χ2n) is 34.5. The molecular formula is C117H81F2N17O6S3. The normalized spacial score (nSPS) is 11.8. The number of sulfone groups is 3. The molecule has 0 spiro atoms. The number of para-hydroxylation sites is 16. The van der Waals surface area contributed by atoms with Gasteiger partial charge in [-0.05, 0) is 256 Å². The van der Waals surface area contributed by atoms with Gasteiger partial charge in [0.05, 0.1) is 118 Å². The number of benzene rings is 17. The molecule has 0 saturated heterocycles. The first kappa shape index (κ1) is 90.2. The molecular weight excluding hydrogens is 1870 g/mol. The second kappa shape index (κ2) is 37.5. The molecule has 0 aliphatic rings. The van der Waals surface area contributed by atoms with Crippen molar-refractivity contribution in [2.24, 2.45) is 7.05 Å². The van der Waals surface area contributed by atoms with Gasteiger partial charge >= 0.3 is 0 Å². The fraction of sp³-hybridized carbons (Fsp3) is 0.0171. The molecule has 0 saturated carbocycles. The van der Waals surface area contributed by atoms with Gasteiger partial charge in [0.1, 0.15) is 58.0 Å². The highest BCUT2D eigenvalue weighted by atomic mass is 32.2. The molecule has 28 heteroatoms. The first-order valence-electron chi connectivity index (χ1n) is 46.3. The Labute approximate surface area is 828 Å². The topological polar surface area (TPSA) is 301 Å². The SMILES string of the molecule is Cc1ccc(S(=O)(=O)c2ccc(-n3c(-c4ccc(-c5nc6ccccc6n5-c5ccc(S(=O)(=O)c6ccc(-n7c(-c8cccc(-c9nc%10ccccc%10n9C)n8)nc8ccccc87)cc6)cc5)cc4)nc4ccccc43)cc2)cc1.O=S(=O)(c1ccc(F)cc1)c1ccc(F)cc1.c1cc(-c2nc3ccccc3[nH]2)cc(-c2nc3ccccc3[nH]2)c1.c1ccc2[nH]c(-c3ccc(-c4nc5ccccc5[nH]4)cc3)nc2c1. The van der Waals surface area contributed by atoms with Crippen molar-refractivity contribution in [3.63, 3.8) is 0 Å². The largest absolute Gasteiger partial charge is 0.338 e. The molecule has 4 N–H and O–H groups in total. The van der Waals surface area contributed by atoms with Crippen molar-refractivity contribution in [2.75, 3.05) is 0 Å². The smallest absolute Gasteiger partial charge is 0.206 e. The molecule has 0 radical (unpaired) electrons. The van der Waals surface area contributed by atoms with Gasteiger partial charge in [-0.15, -0.1) is 0 Å². The van der Waals surface area contributed by atoms with Crippen molar-refractivity contribution >= 4 is 118 Å². The van der Waals surface area contributed by atoms with Crippen molar-refractivity contribution in [3.05, 3.63) is 448 Å². The number of rotatable bonds is 17. The number of aryl methyl sites for hydroxylation is 2. The lowest BCUT2D eigenvalue weighted by Gasteiger charge is -2.13. The number of aromatic amines is 4. The number of hydrogen-bond acceptors (Lipinski definition) is 15. The summed E-state index contributed by atoms with van der Waals surface area (Å²) in [4.78, 5) is 57.9. The maximum Gasteiger partial charge on any atom is 0.206 e. The summed E-state index contributed by atoms with van der Waals surface area (Å²) in [7, 11) is -9.42. The summed E-state index contributed by atoms with van der Waals surface area (Å²) in [5, 5.41) is 0. The van der Waals surface area contributed by atoms with Crippen LogP contribution in [0.25, 0.3) is 197 Å². The predicted molar refractivity (Wildman–Crippen MR) is 564 cm³/mol. The molecule has 26 aromatic rings. The Morgan fingerprint density at radius 1 is 0.221 bits per heavy atom. The van der Waals surface area contributed by atoms with E-state index in [1.165, 1.54) is 24.3 Å². The van der Waals surface area contributed by atoms with Crippen LogP contribution in [0.2, 0.25) is 0 Å². The summed E-state index contributed by atoms with van der Waals surface area (Å²) in [5.74, 6) is 5.17. The number of aromatic nitrogens is 17. The minimum absolute atomic E-state index is 0.0227. The molecule has 0 fully saturated rings. The van der Waals surface area contributed by atoms with E-state index < -0.39 is 41.1 Å². The van der Waals surface area contributed by atoms with E-state index in [1.54, 1.807) is 72.8 Å². The molecule has 0 aliphatic heterocycles. The highest BCUT2D eigenvalue weighted by molar-refractivity contribution is 7.92. The van der Waals surface area contributed by atoms with Crippen LogP contribution in [-0.2, 0) is 36.6 Å². The Morgan fingerprint density at radius 2 is 0.476 bits per heavy atom. The van der Waals surface area contributed by atoms with E-state index in [4.69, 9.17) is 24.9 Å². The van der Waals surface area contributed by atoms with Gasteiger partial charge in [-0.3, -0.25) is 13.7 Å². The molecule has 0 unspecified atom stereocenters.